The van der Waals surface area contributed by atoms with Crippen LogP contribution in [-0.2, 0) is 22.6 Å². The average molecular weight is 395 g/mol. The number of aromatic nitrogens is 2. The summed E-state index contributed by atoms with van der Waals surface area (Å²) in [6.45, 7) is 4.34. The third-order valence-electron chi connectivity index (χ3n) is 5.94. The number of rotatable bonds is 5. The molecule has 6 nitrogen and oxygen atoms in total. The first-order chi connectivity index (χ1) is 14.1. The second kappa shape index (κ2) is 8.80. The van der Waals surface area contributed by atoms with E-state index in [1.165, 1.54) is 12.8 Å². The highest BCUT2D eigenvalue weighted by Gasteiger charge is 2.28. The van der Waals surface area contributed by atoms with Gasteiger partial charge in [-0.2, -0.15) is 0 Å². The predicted octanol–water partition coefficient (Wildman–Crippen LogP) is 3.86. The van der Waals surface area contributed by atoms with Crippen LogP contribution in [0.4, 0.5) is 5.69 Å². The van der Waals surface area contributed by atoms with E-state index in [0.717, 1.165) is 61.5 Å². The van der Waals surface area contributed by atoms with E-state index in [0.29, 0.717) is 13.0 Å². The largest absolute Gasteiger partial charge is 0.342 e. The van der Waals surface area contributed by atoms with Crippen LogP contribution in [0.1, 0.15) is 51.3 Å². The second-order valence-electron chi connectivity index (χ2n) is 8.19. The summed E-state index contributed by atoms with van der Waals surface area (Å²) in [7, 11) is 0. The first-order valence-electron chi connectivity index (χ1n) is 10.9. The minimum Gasteiger partial charge on any atom is -0.342 e. The van der Waals surface area contributed by atoms with E-state index < -0.39 is 0 Å². The minimum absolute atomic E-state index is 0.000262. The molecule has 1 atom stereocenters. The van der Waals surface area contributed by atoms with Gasteiger partial charge < -0.3 is 14.8 Å². The lowest BCUT2D eigenvalue weighted by atomic mass is 9.96. The van der Waals surface area contributed by atoms with Gasteiger partial charge in [0, 0.05) is 49.9 Å². The number of imidazole rings is 1. The van der Waals surface area contributed by atoms with Crippen molar-refractivity contribution in [2.45, 2.75) is 58.4 Å². The molecule has 2 aliphatic heterocycles. The van der Waals surface area contributed by atoms with Crippen molar-refractivity contribution in [2.75, 3.05) is 18.4 Å². The Bertz CT molecular complexity index is 865. The molecule has 0 spiro atoms. The zero-order valence-electron chi connectivity index (χ0n) is 17.2. The molecule has 2 amide bonds. The van der Waals surface area contributed by atoms with Gasteiger partial charge in [-0.15, -0.1) is 0 Å². The Balaban J connectivity index is 1.43. The number of carbonyl (C=O) groups is 2. The van der Waals surface area contributed by atoms with Gasteiger partial charge >= 0.3 is 0 Å². The molecular weight excluding hydrogens is 364 g/mol. The summed E-state index contributed by atoms with van der Waals surface area (Å²) in [6.07, 6.45) is 8.67. The monoisotopic (exact) mass is 394 g/mol. The third kappa shape index (κ3) is 4.52. The van der Waals surface area contributed by atoms with Crippen molar-refractivity contribution in [1.29, 1.82) is 0 Å². The molecule has 0 radical (unpaired) electrons. The lowest BCUT2D eigenvalue weighted by Crippen LogP contribution is -2.43. The molecule has 3 heterocycles. The Morgan fingerprint density at radius 1 is 1.21 bits per heavy atom. The van der Waals surface area contributed by atoms with E-state index in [2.05, 4.69) is 16.1 Å². The van der Waals surface area contributed by atoms with Gasteiger partial charge in [0.1, 0.15) is 5.82 Å². The number of hydrogen-bond donors (Lipinski definition) is 1. The Morgan fingerprint density at radius 2 is 2.10 bits per heavy atom. The van der Waals surface area contributed by atoms with Crippen LogP contribution in [0.15, 0.2) is 30.5 Å². The smallest absolute Gasteiger partial charge is 0.229 e. The summed E-state index contributed by atoms with van der Waals surface area (Å²) in [5.41, 5.74) is 2.77. The highest BCUT2D eigenvalue weighted by atomic mass is 16.2. The highest BCUT2D eigenvalue weighted by Crippen LogP contribution is 2.26. The van der Waals surface area contributed by atoms with Crippen molar-refractivity contribution in [2.24, 2.45) is 5.92 Å². The normalized spacial score (nSPS) is 18.9. The van der Waals surface area contributed by atoms with E-state index in [4.69, 9.17) is 4.98 Å². The molecule has 0 aliphatic carbocycles. The highest BCUT2D eigenvalue weighted by molar-refractivity contribution is 5.93. The standard InChI is InChI=1S/C23H30N4O2/c1-2-7-22(28)27-13-6-9-18(15-27)23(29)24-19-10-5-8-17(14-19)20-16-26-12-4-3-11-21(26)25-20/h5,8,10,14,16,18H,2-4,6-7,9,11-13,15H2,1H3,(H,24,29). The number of nitrogens with one attached hydrogen (secondary N) is 1. The summed E-state index contributed by atoms with van der Waals surface area (Å²) in [5.74, 6) is 1.17. The van der Waals surface area contributed by atoms with Gasteiger partial charge in [0.05, 0.1) is 11.6 Å². The van der Waals surface area contributed by atoms with Crippen LogP contribution in [0.3, 0.4) is 0 Å². The number of piperidine rings is 1. The molecular formula is C23H30N4O2. The molecule has 0 bridgehead atoms. The number of aryl methyl sites for hydroxylation is 2. The maximum Gasteiger partial charge on any atom is 0.229 e. The van der Waals surface area contributed by atoms with Crippen LogP contribution >= 0.6 is 0 Å². The van der Waals surface area contributed by atoms with Gasteiger partial charge in [-0.25, -0.2) is 4.98 Å². The fourth-order valence-corrected chi connectivity index (χ4v) is 4.34. The fraction of sp³-hybridized carbons (Fsp3) is 0.522. The number of benzene rings is 1. The Kier molecular flexibility index (Phi) is 5.97. The zero-order chi connectivity index (χ0) is 20.2. The molecule has 1 aromatic heterocycles. The van der Waals surface area contributed by atoms with Crippen LogP contribution in [0.5, 0.6) is 0 Å². The Morgan fingerprint density at radius 3 is 2.93 bits per heavy atom. The van der Waals surface area contributed by atoms with E-state index in [-0.39, 0.29) is 17.7 Å². The SMILES string of the molecule is CCCC(=O)N1CCCC(C(=O)Nc2cccc(-c3cn4c(n3)CCCC4)c2)C1. The number of likely N-dealkylation sites (tertiary alicyclic amines) is 1. The molecule has 154 valence electrons. The number of carbonyl (C=O) groups excluding carboxylic acids is 2. The van der Waals surface area contributed by atoms with Crippen LogP contribution in [-0.4, -0.2) is 39.4 Å². The summed E-state index contributed by atoms with van der Waals surface area (Å²) in [4.78, 5) is 31.7. The molecule has 1 unspecified atom stereocenters. The molecule has 1 aromatic carbocycles. The van der Waals surface area contributed by atoms with E-state index >= 15 is 0 Å². The molecule has 1 fully saturated rings. The van der Waals surface area contributed by atoms with Gasteiger partial charge in [-0.05, 0) is 44.2 Å². The van der Waals surface area contributed by atoms with Crippen LogP contribution < -0.4 is 5.32 Å². The topological polar surface area (TPSA) is 67.2 Å². The van der Waals surface area contributed by atoms with Crippen molar-refractivity contribution in [1.82, 2.24) is 14.5 Å². The number of anilines is 1. The molecule has 4 rings (SSSR count). The first kappa shape index (κ1) is 19.7. The van der Waals surface area contributed by atoms with Gasteiger partial charge in [0.25, 0.3) is 0 Å². The van der Waals surface area contributed by atoms with Gasteiger partial charge in [0.2, 0.25) is 11.8 Å². The summed E-state index contributed by atoms with van der Waals surface area (Å²) in [6, 6.07) is 7.91. The molecule has 2 aliphatic rings. The Labute approximate surface area is 172 Å². The fourth-order valence-electron chi connectivity index (χ4n) is 4.34. The average Bonchev–Trinajstić information content (AvgIpc) is 3.19. The van der Waals surface area contributed by atoms with E-state index in [1.807, 2.05) is 36.1 Å². The molecule has 6 heteroatoms. The van der Waals surface area contributed by atoms with Crippen molar-refractivity contribution in [3.63, 3.8) is 0 Å². The molecule has 1 N–H and O–H groups in total. The van der Waals surface area contributed by atoms with Crippen molar-refractivity contribution in [3.8, 4) is 11.3 Å². The molecule has 2 aromatic rings. The number of nitrogens with zero attached hydrogens (tertiary/aromatic N) is 3. The molecule has 1 saturated heterocycles. The predicted molar refractivity (Wildman–Crippen MR) is 113 cm³/mol. The zero-order valence-corrected chi connectivity index (χ0v) is 17.2. The lowest BCUT2D eigenvalue weighted by molar-refractivity contribution is -0.134. The van der Waals surface area contributed by atoms with E-state index in [1.54, 1.807) is 0 Å². The first-order valence-corrected chi connectivity index (χ1v) is 10.9. The number of fused-ring (bicyclic) bond motifs is 1. The third-order valence-corrected chi connectivity index (χ3v) is 5.94. The Hall–Kier alpha value is -2.63. The van der Waals surface area contributed by atoms with Gasteiger partial charge in [-0.1, -0.05) is 19.1 Å². The van der Waals surface area contributed by atoms with Crippen molar-refractivity contribution in [3.05, 3.63) is 36.3 Å². The van der Waals surface area contributed by atoms with E-state index in [9.17, 15) is 9.59 Å². The van der Waals surface area contributed by atoms with Gasteiger partial charge in [0.15, 0.2) is 0 Å². The summed E-state index contributed by atoms with van der Waals surface area (Å²) in [5, 5.41) is 3.06. The van der Waals surface area contributed by atoms with Gasteiger partial charge in [-0.3, -0.25) is 9.59 Å². The lowest BCUT2D eigenvalue weighted by Gasteiger charge is -2.32. The molecule has 29 heavy (non-hydrogen) atoms. The van der Waals surface area contributed by atoms with Crippen LogP contribution in [0.25, 0.3) is 11.3 Å². The number of hydrogen-bond acceptors (Lipinski definition) is 3. The quantitative estimate of drug-likeness (QED) is 0.837. The summed E-state index contributed by atoms with van der Waals surface area (Å²) < 4.78 is 2.24. The minimum atomic E-state index is -0.145. The summed E-state index contributed by atoms with van der Waals surface area (Å²) >= 11 is 0. The number of amides is 2. The van der Waals surface area contributed by atoms with Crippen LogP contribution in [0, 0.1) is 5.92 Å². The van der Waals surface area contributed by atoms with Crippen LogP contribution in [0.2, 0.25) is 0 Å². The maximum absolute atomic E-state index is 12.8. The molecule has 0 saturated carbocycles. The maximum atomic E-state index is 12.8. The second-order valence-corrected chi connectivity index (χ2v) is 8.19. The van der Waals surface area contributed by atoms with Crippen molar-refractivity contribution < 1.29 is 9.59 Å². The van der Waals surface area contributed by atoms with Crippen molar-refractivity contribution >= 4 is 17.5 Å².